The first-order valence-electron chi connectivity index (χ1n) is 7.01. The SMILES string of the molecule is O=CC(c1ncn2c1CCC2)n1cc2ccc(Br)c(F)c2n1. The Labute approximate surface area is 133 Å². The van der Waals surface area contributed by atoms with E-state index in [2.05, 4.69) is 30.6 Å². The molecule has 1 aliphatic rings. The van der Waals surface area contributed by atoms with E-state index in [1.807, 2.05) is 0 Å². The molecule has 0 bridgehead atoms. The van der Waals surface area contributed by atoms with Gasteiger partial charge in [0, 0.05) is 23.8 Å². The Balaban J connectivity index is 1.85. The van der Waals surface area contributed by atoms with Crippen molar-refractivity contribution in [2.45, 2.75) is 25.4 Å². The van der Waals surface area contributed by atoms with E-state index in [1.165, 1.54) is 4.68 Å². The summed E-state index contributed by atoms with van der Waals surface area (Å²) in [6.45, 7) is 0.927. The first-order chi connectivity index (χ1) is 10.7. The number of carbonyl (C=O) groups excluding carboxylic acids is 1. The van der Waals surface area contributed by atoms with Gasteiger partial charge >= 0.3 is 0 Å². The van der Waals surface area contributed by atoms with Gasteiger partial charge in [0.2, 0.25) is 0 Å². The molecule has 0 N–H and O–H groups in total. The third kappa shape index (κ3) is 1.92. The molecule has 0 radical (unpaired) electrons. The highest BCUT2D eigenvalue weighted by atomic mass is 79.9. The van der Waals surface area contributed by atoms with Gasteiger partial charge in [0.1, 0.15) is 5.52 Å². The van der Waals surface area contributed by atoms with E-state index in [0.717, 1.165) is 31.4 Å². The number of rotatable bonds is 3. The normalized spacial score (nSPS) is 15.2. The van der Waals surface area contributed by atoms with Crippen molar-refractivity contribution in [2.24, 2.45) is 0 Å². The molecule has 112 valence electrons. The lowest BCUT2D eigenvalue weighted by Gasteiger charge is -2.09. The molecule has 0 fully saturated rings. The number of fused-ring (bicyclic) bond motifs is 2. The maximum atomic E-state index is 14.1. The molecule has 1 aliphatic heterocycles. The number of aryl methyl sites for hydroxylation is 1. The topological polar surface area (TPSA) is 52.7 Å². The number of aldehydes is 1. The fourth-order valence-corrected chi connectivity index (χ4v) is 3.31. The van der Waals surface area contributed by atoms with Crippen LogP contribution >= 0.6 is 15.9 Å². The van der Waals surface area contributed by atoms with Gasteiger partial charge in [0.15, 0.2) is 18.1 Å². The van der Waals surface area contributed by atoms with Crippen molar-refractivity contribution in [2.75, 3.05) is 0 Å². The second-order valence-corrected chi connectivity index (χ2v) is 6.22. The van der Waals surface area contributed by atoms with Gasteiger partial charge in [-0.2, -0.15) is 5.10 Å². The van der Waals surface area contributed by atoms with Crippen LogP contribution in [0.3, 0.4) is 0 Å². The van der Waals surface area contributed by atoms with Gasteiger partial charge in [-0.15, -0.1) is 0 Å². The van der Waals surface area contributed by atoms with E-state index in [0.29, 0.717) is 15.6 Å². The summed E-state index contributed by atoms with van der Waals surface area (Å²) in [5, 5.41) is 4.91. The molecule has 0 spiro atoms. The predicted octanol–water partition coefficient (Wildman–Crippen LogP) is 2.87. The molecule has 0 saturated carbocycles. The largest absolute Gasteiger partial charge is 0.334 e. The summed E-state index contributed by atoms with van der Waals surface area (Å²) in [4.78, 5) is 16.0. The monoisotopic (exact) mass is 362 g/mol. The lowest BCUT2D eigenvalue weighted by molar-refractivity contribution is -0.109. The number of aromatic nitrogens is 4. The van der Waals surface area contributed by atoms with Crippen LogP contribution in [0.4, 0.5) is 4.39 Å². The van der Waals surface area contributed by atoms with Crippen LogP contribution in [0.25, 0.3) is 10.9 Å². The Morgan fingerprint density at radius 2 is 2.27 bits per heavy atom. The molecule has 0 amide bonds. The molecular weight excluding hydrogens is 351 g/mol. The Hall–Kier alpha value is -2.02. The molecule has 2 aromatic heterocycles. The standard InChI is InChI=1S/C15H12BrFN4O/c16-10-4-3-9-6-21(19-14(9)13(10)17)12(7-22)15-11-2-1-5-20(11)8-18-15/h3-4,6-8,12H,1-2,5H2. The molecule has 22 heavy (non-hydrogen) atoms. The predicted molar refractivity (Wildman–Crippen MR) is 82.1 cm³/mol. The van der Waals surface area contributed by atoms with Crippen LogP contribution in [-0.2, 0) is 17.8 Å². The van der Waals surface area contributed by atoms with Crippen LogP contribution in [0.2, 0.25) is 0 Å². The molecule has 4 rings (SSSR count). The minimum absolute atomic E-state index is 0.247. The first kappa shape index (κ1) is 13.6. The Bertz CT molecular complexity index is 885. The average Bonchev–Trinajstić information content (AvgIpc) is 3.20. The zero-order valence-electron chi connectivity index (χ0n) is 11.5. The van der Waals surface area contributed by atoms with E-state index >= 15 is 0 Å². The van der Waals surface area contributed by atoms with Crippen molar-refractivity contribution in [3.8, 4) is 0 Å². The summed E-state index contributed by atoms with van der Waals surface area (Å²) in [7, 11) is 0. The quantitative estimate of drug-likeness (QED) is 0.673. The summed E-state index contributed by atoms with van der Waals surface area (Å²) in [6.07, 6.45) is 6.21. The van der Waals surface area contributed by atoms with Crippen molar-refractivity contribution in [3.63, 3.8) is 0 Å². The van der Waals surface area contributed by atoms with Crippen LogP contribution in [0.1, 0.15) is 23.9 Å². The Morgan fingerprint density at radius 1 is 1.41 bits per heavy atom. The third-order valence-electron chi connectivity index (χ3n) is 4.07. The van der Waals surface area contributed by atoms with Gasteiger partial charge in [-0.3, -0.25) is 4.68 Å². The molecule has 3 heterocycles. The average molecular weight is 363 g/mol. The van der Waals surface area contributed by atoms with Crippen LogP contribution in [0, 0.1) is 5.82 Å². The third-order valence-corrected chi connectivity index (χ3v) is 4.68. The summed E-state index contributed by atoms with van der Waals surface area (Å²) < 4.78 is 18.0. The maximum Gasteiger partial charge on any atom is 0.165 e. The van der Waals surface area contributed by atoms with Crippen LogP contribution < -0.4 is 0 Å². The first-order valence-corrected chi connectivity index (χ1v) is 7.80. The van der Waals surface area contributed by atoms with E-state index in [1.54, 1.807) is 24.7 Å². The number of nitrogens with zero attached hydrogens (tertiary/aromatic N) is 4. The summed E-state index contributed by atoms with van der Waals surface area (Å²) >= 11 is 3.15. The molecule has 1 atom stereocenters. The molecule has 0 saturated heterocycles. The zero-order chi connectivity index (χ0) is 15.3. The number of imidazole rings is 1. The van der Waals surface area contributed by atoms with Gasteiger partial charge < -0.3 is 9.36 Å². The maximum absolute atomic E-state index is 14.1. The van der Waals surface area contributed by atoms with Crippen LogP contribution in [0.15, 0.2) is 29.1 Å². The molecule has 1 unspecified atom stereocenters. The van der Waals surface area contributed by atoms with Crippen molar-refractivity contribution in [1.82, 2.24) is 19.3 Å². The fourth-order valence-electron chi connectivity index (χ4n) is 2.99. The van der Waals surface area contributed by atoms with Gasteiger partial charge in [-0.05, 0) is 40.9 Å². The smallest absolute Gasteiger partial charge is 0.165 e. The van der Waals surface area contributed by atoms with Gasteiger partial charge in [-0.25, -0.2) is 9.37 Å². The van der Waals surface area contributed by atoms with E-state index < -0.39 is 11.9 Å². The molecule has 7 heteroatoms. The second kappa shape index (κ2) is 5.01. The fraction of sp³-hybridized carbons (Fsp3) is 0.267. The van der Waals surface area contributed by atoms with Crippen molar-refractivity contribution < 1.29 is 9.18 Å². The zero-order valence-corrected chi connectivity index (χ0v) is 13.1. The minimum Gasteiger partial charge on any atom is -0.334 e. The van der Waals surface area contributed by atoms with Crippen molar-refractivity contribution in [3.05, 3.63) is 46.3 Å². The number of hydrogen-bond donors (Lipinski definition) is 0. The van der Waals surface area contributed by atoms with Crippen LogP contribution in [0.5, 0.6) is 0 Å². The number of halogens is 2. The Morgan fingerprint density at radius 3 is 3.09 bits per heavy atom. The minimum atomic E-state index is -0.625. The lowest BCUT2D eigenvalue weighted by Crippen LogP contribution is -2.15. The molecule has 0 aliphatic carbocycles. The van der Waals surface area contributed by atoms with E-state index in [-0.39, 0.29) is 5.52 Å². The van der Waals surface area contributed by atoms with Gasteiger partial charge in [0.25, 0.3) is 0 Å². The van der Waals surface area contributed by atoms with Crippen LogP contribution in [-0.4, -0.2) is 25.6 Å². The van der Waals surface area contributed by atoms with E-state index in [9.17, 15) is 9.18 Å². The molecule has 3 aromatic rings. The lowest BCUT2D eigenvalue weighted by atomic mass is 10.1. The highest BCUT2D eigenvalue weighted by molar-refractivity contribution is 9.10. The van der Waals surface area contributed by atoms with Crippen molar-refractivity contribution in [1.29, 1.82) is 0 Å². The summed E-state index contributed by atoms with van der Waals surface area (Å²) in [6, 6.07) is 2.78. The second-order valence-electron chi connectivity index (χ2n) is 5.36. The summed E-state index contributed by atoms with van der Waals surface area (Å²) in [5.74, 6) is -0.420. The number of hydrogen-bond acceptors (Lipinski definition) is 3. The molecule has 1 aromatic carbocycles. The van der Waals surface area contributed by atoms with Gasteiger partial charge in [-0.1, -0.05) is 0 Å². The number of benzene rings is 1. The van der Waals surface area contributed by atoms with Gasteiger partial charge in [0.05, 0.1) is 16.5 Å². The Kier molecular flexibility index (Phi) is 3.11. The highest BCUT2D eigenvalue weighted by Gasteiger charge is 2.25. The van der Waals surface area contributed by atoms with E-state index in [4.69, 9.17) is 0 Å². The molecule has 5 nitrogen and oxygen atoms in total. The molecular formula is C15H12BrFN4O. The highest BCUT2D eigenvalue weighted by Crippen LogP contribution is 2.28. The number of carbonyl (C=O) groups is 1. The summed E-state index contributed by atoms with van der Waals surface area (Å²) in [5.41, 5.74) is 2.02. The van der Waals surface area contributed by atoms with Crippen molar-refractivity contribution >= 4 is 33.1 Å².